The molecule has 3 rings (SSSR count). The molecule has 8 heteroatoms. The van der Waals surface area contributed by atoms with E-state index < -0.39 is 17.5 Å². The van der Waals surface area contributed by atoms with E-state index in [-0.39, 0.29) is 29.4 Å². The zero-order valence-electron chi connectivity index (χ0n) is 12.9. The Kier molecular flexibility index (Phi) is 4.78. The van der Waals surface area contributed by atoms with Crippen LogP contribution >= 0.6 is 0 Å². The van der Waals surface area contributed by atoms with E-state index in [1.807, 2.05) is 0 Å². The maximum atomic E-state index is 13.8. The molecule has 0 fully saturated rings. The number of aromatic amines is 1. The Hall–Kier alpha value is -3.16. The van der Waals surface area contributed by atoms with Crippen LogP contribution in [-0.4, -0.2) is 21.1 Å². The van der Waals surface area contributed by atoms with Crippen molar-refractivity contribution in [2.45, 2.75) is 12.8 Å². The van der Waals surface area contributed by atoms with Crippen LogP contribution in [-0.2, 0) is 11.2 Å². The van der Waals surface area contributed by atoms with E-state index in [0.29, 0.717) is 12.0 Å². The van der Waals surface area contributed by atoms with E-state index in [1.165, 1.54) is 30.5 Å². The van der Waals surface area contributed by atoms with E-state index in [0.717, 1.165) is 12.3 Å². The summed E-state index contributed by atoms with van der Waals surface area (Å²) in [6.45, 7) is 0. The first-order chi connectivity index (χ1) is 12.0. The number of pyridine rings is 1. The molecule has 0 bridgehead atoms. The van der Waals surface area contributed by atoms with Crippen LogP contribution in [0.1, 0.15) is 12.0 Å². The predicted octanol–water partition coefficient (Wildman–Crippen LogP) is 3.46. The van der Waals surface area contributed by atoms with Gasteiger partial charge >= 0.3 is 0 Å². The van der Waals surface area contributed by atoms with Crippen molar-refractivity contribution in [3.8, 4) is 11.3 Å². The second kappa shape index (κ2) is 7.16. The minimum absolute atomic E-state index is 0.0128. The smallest absolute Gasteiger partial charge is 0.225 e. The van der Waals surface area contributed by atoms with Crippen LogP contribution in [0, 0.1) is 17.5 Å². The Balaban J connectivity index is 1.63. The van der Waals surface area contributed by atoms with Crippen molar-refractivity contribution in [3.05, 3.63) is 65.7 Å². The Labute approximate surface area is 140 Å². The number of hydrogen-bond donors (Lipinski definition) is 2. The minimum Gasteiger partial charge on any atom is -0.309 e. The molecule has 128 valence electrons. The summed E-state index contributed by atoms with van der Waals surface area (Å²) in [6, 6.07) is 6.49. The van der Waals surface area contributed by atoms with Gasteiger partial charge in [-0.05, 0) is 30.2 Å². The third kappa shape index (κ3) is 4.03. The molecule has 0 atom stereocenters. The molecule has 1 aromatic carbocycles. The number of rotatable bonds is 5. The number of halogens is 3. The third-order valence-electron chi connectivity index (χ3n) is 3.49. The number of amides is 1. The largest absolute Gasteiger partial charge is 0.309 e. The topological polar surface area (TPSA) is 70.7 Å². The van der Waals surface area contributed by atoms with Crippen molar-refractivity contribution in [3.63, 3.8) is 0 Å². The average molecular weight is 346 g/mol. The van der Waals surface area contributed by atoms with Gasteiger partial charge < -0.3 is 5.32 Å². The summed E-state index contributed by atoms with van der Waals surface area (Å²) in [6.07, 6.45) is 2.98. The highest BCUT2D eigenvalue weighted by atomic mass is 19.2. The van der Waals surface area contributed by atoms with E-state index in [2.05, 4.69) is 20.5 Å². The van der Waals surface area contributed by atoms with Crippen LogP contribution in [0.5, 0.6) is 0 Å². The summed E-state index contributed by atoms with van der Waals surface area (Å²) >= 11 is 0. The third-order valence-corrected chi connectivity index (χ3v) is 3.49. The van der Waals surface area contributed by atoms with Crippen LogP contribution in [0.25, 0.3) is 11.3 Å². The van der Waals surface area contributed by atoms with Gasteiger partial charge in [-0.3, -0.25) is 14.9 Å². The van der Waals surface area contributed by atoms with Crippen LogP contribution in [0.15, 0.2) is 42.7 Å². The van der Waals surface area contributed by atoms with Crippen molar-refractivity contribution < 1.29 is 18.0 Å². The molecule has 3 aromatic rings. The number of aromatic nitrogens is 3. The van der Waals surface area contributed by atoms with Gasteiger partial charge in [0.25, 0.3) is 0 Å². The molecule has 0 aliphatic heterocycles. The highest BCUT2D eigenvalue weighted by Gasteiger charge is 2.13. The van der Waals surface area contributed by atoms with Crippen LogP contribution in [0.4, 0.5) is 19.0 Å². The fourth-order valence-electron chi connectivity index (χ4n) is 2.29. The molecule has 0 spiro atoms. The molecule has 0 unspecified atom stereocenters. The van der Waals surface area contributed by atoms with Gasteiger partial charge in [-0.25, -0.2) is 13.2 Å². The van der Waals surface area contributed by atoms with Crippen molar-refractivity contribution in [1.29, 1.82) is 0 Å². The molecule has 0 radical (unpaired) electrons. The molecular weight excluding hydrogens is 333 g/mol. The molecule has 2 N–H and O–H groups in total. The van der Waals surface area contributed by atoms with Gasteiger partial charge in [-0.2, -0.15) is 5.10 Å². The number of anilines is 1. The molecule has 5 nitrogen and oxygen atoms in total. The Morgan fingerprint density at radius 3 is 2.80 bits per heavy atom. The number of aryl methyl sites for hydroxylation is 1. The SMILES string of the molecule is O=C(CCc1cncc(F)c1)Nc1cc(-c2cccc(F)c2F)[nH]n1. The van der Waals surface area contributed by atoms with E-state index in [1.54, 1.807) is 0 Å². The number of benzene rings is 1. The second-order valence-corrected chi connectivity index (χ2v) is 5.33. The highest BCUT2D eigenvalue weighted by molar-refractivity contribution is 5.90. The van der Waals surface area contributed by atoms with Gasteiger partial charge in [-0.15, -0.1) is 0 Å². The van der Waals surface area contributed by atoms with Crippen LogP contribution in [0.3, 0.4) is 0 Å². The number of carbonyl (C=O) groups excluding carboxylic acids is 1. The number of carbonyl (C=O) groups is 1. The minimum atomic E-state index is -0.998. The maximum Gasteiger partial charge on any atom is 0.225 e. The normalized spacial score (nSPS) is 10.7. The second-order valence-electron chi connectivity index (χ2n) is 5.33. The lowest BCUT2D eigenvalue weighted by molar-refractivity contribution is -0.116. The van der Waals surface area contributed by atoms with Gasteiger partial charge in [-0.1, -0.05) is 6.07 Å². The van der Waals surface area contributed by atoms with E-state index >= 15 is 0 Å². The fraction of sp³-hybridized carbons (Fsp3) is 0.118. The fourth-order valence-corrected chi connectivity index (χ4v) is 2.29. The molecule has 1 amide bonds. The summed E-state index contributed by atoms with van der Waals surface area (Å²) in [5.74, 6) is -2.60. The summed E-state index contributed by atoms with van der Waals surface area (Å²) in [5.41, 5.74) is 0.847. The number of hydrogen-bond acceptors (Lipinski definition) is 3. The first-order valence-corrected chi connectivity index (χ1v) is 7.42. The highest BCUT2D eigenvalue weighted by Crippen LogP contribution is 2.24. The van der Waals surface area contributed by atoms with Crippen molar-refractivity contribution in [2.24, 2.45) is 0 Å². The van der Waals surface area contributed by atoms with Crippen molar-refractivity contribution >= 4 is 11.7 Å². The summed E-state index contributed by atoms with van der Waals surface area (Å²) in [7, 11) is 0. The molecule has 25 heavy (non-hydrogen) atoms. The average Bonchev–Trinajstić information content (AvgIpc) is 3.04. The van der Waals surface area contributed by atoms with Crippen molar-refractivity contribution in [2.75, 3.05) is 5.32 Å². The quantitative estimate of drug-likeness (QED) is 0.743. The predicted molar refractivity (Wildman–Crippen MR) is 85.1 cm³/mol. The first-order valence-electron chi connectivity index (χ1n) is 7.42. The lowest BCUT2D eigenvalue weighted by Crippen LogP contribution is -2.12. The lowest BCUT2D eigenvalue weighted by atomic mass is 10.1. The monoisotopic (exact) mass is 346 g/mol. The molecular formula is C17H13F3N4O. The van der Waals surface area contributed by atoms with Crippen molar-refractivity contribution in [1.82, 2.24) is 15.2 Å². The summed E-state index contributed by atoms with van der Waals surface area (Å²) in [4.78, 5) is 15.6. The van der Waals surface area contributed by atoms with Gasteiger partial charge in [0, 0.05) is 24.2 Å². The lowest BCUT2D eigenvalue weighted by Gasteiger charge is -2.02. The molecule has 0 aliphatic rings. The van der Waals surface area contributed by atoms with Gasteiger partial charge in [0.1, 0.15) is 5.82 Å². The number of nitrogens with one attached hydrogen (secondary N) is 2. The van der Waals surface area contributed by atoms with Gasteiger partial charge in [0.15, 0.2) is 17.5 Å². The van der Waals surface area contributed by atoms with Crippen LogP contribution in [0.2, 0.25) is 0 Å². The Morgan fingerprint density at radius 2 is 2.00 bits per heavy atom. The zero-order chi connectivity index (χ0) is 17.8. The first kappa shape index (κ1) is 16.7. The zero-order valence-corrected chi connectivity index (χ0v) is 12.9. The molecule has 0 aliphatic carbocycles. The molecule has 2 aromatic heterocycles. The number of nitrogens with zero attached hydrogens (tertiary/aromatic N) is 2. The number of H-pyrrole nitrogens is 1. The van der Waals surface area contributed by atoms with E-state index in [4.69, 9.17) is 0 Å². The summed E-state index contributed by atoms with van der Waals surface area (Å²) in [5, 5.41) is 8.94. The van der Waals surface area contributed by atoms with Crippen LogP contribution < -0.4 is 5.32 Å². The molecule has 2 heterocycles. The van der Waals surface area contributed by atoms with Gasteiger partial charge in [0.05, 0.1) is 11.9 Å². The van der Waals surface area contributed by atoms with E-state index in [9.17, 15) is 18.0 Å². The maximum absolute atomic E-state index is 13.8. The summed E-state index contributed by atoms with van der Waals surface area (Å²) < 4.78 is 40.0. The van der Waals surface area contributed by atoms with Gasteiger partial charge in [0.2, 0.25) is 5.91 Å². The standard InChI is InChI=1S/C17H13F3N4O/c18-11-6-10(8-21-9-11)4-5-16(25)22-15-7-14(23-24-15)12-2-1-3-13(19)17(12)20/h1-3,6-9H,4-5H2,(H2,22,23,24,25). The molecule has 0 saturated heterocycles. The Morgan fingerprint density at radius 1 is 1.16 bits per heavy atom. The molecule has 0 saturated carbocycles. The Bertz CT molecular complexity index is 910.